The van der Waals surface area contributed by atoms with Gasteiger partial charge in [-0.25, -0.2) is 4.79 Å². The molecule has 0 bridgehead atoms. The average Bonchev–Trinajstić information content (AvgIpc) is 2.77. The zero-order valence-electron chi connectivity index (χ0n) is 8.95. The second-order valence-corrected chi connectivity index (χ2v) is 3.65. The topological polar surface area (TPSA) is 53.1 Å². The minimum atomic E-state index is -4.47. The van der Waals surface area contributed by atoms with Crippen LogP contribution in [0, 0.1) is 0 Å². The number of benzene rings is 1. The van der Waals surface area contributed by atoms with Gasteiger partial charge in [0.15, 0.2) is 0 Å². The van der Waals surface area contributed by atoms with E-state index in [1.54, 1.807) is 0 Å². The number of carboxylic acids is 1. The molecule has 0 unspecified atom stereocenters. The third-order valence-corrected chi connectivity index (χ3v) is 2.46. The number of aromatic carboxylic acids is 1. The molecule has 0 saturated heterocycles. The van der Waals surface area contributed by atoms with Crippen molar-refractivity contribution in [3.05, 3.63) is 47.8 Å². The van der Waals surface area contributed by atoms with Crippen molar-refractivity contribution in [2.45, 2.75) is 6.18 Å². The van der Waals surface area contributed by atoms with E-state index in [1.165, 1.54) is 30.5 Å². The van der Waals surface area contributed by atoms with Crippen LogP contribution in [-0.4, -0.2) is 16.1 Å². The monoisotopic (exact) mass is 255 g/mol. The van der Waals surface area contributed by atoms with Gasteiger partial charge in [-0.2, -0.15) is 13.2 Å². The van der Waals surface area contributed by atoms with Crippen molar-refractivity contribution in [1.29, 1.82) is 0 Å². The summed E-state index contributed by atoms with van der Waals surface area (Å²) in [6, 6.07) is 6.20. The highest BCUT2D eigenvalue weighted by Gasteiger charge is 2.33. The van der Waals surface area contributed by atoms with Gasteiger partial charge >= 0.3 is 12.1 Å². The maximum atomic E-state index is 12.8. The van der Waals surface area contributed by atoms with Crippen LogP contribution in [0.4, 0.5) is 13.2 Å². The SMILES string of the molecule is O=C(O)c1cc(-c2ccccc2C(F)(F)F)c[nH]1. The van der Waals surface area contributed by atoms with E-state index in [9.17, 15) is 18.0 Å². The fraction of sp³-hybridized carbons (Fsp3) is 0.0833. The van der Waals surface area contributed by atoms with Crippen LogP contribution in [0.3, 0.4) is 0 Å². The molecule has 6 heteroatoms. The molecule has 2 rings (SSSR count). The fourth-order valence-corrected chi connectivity index (χ4v) is 1.66. The second-order valence-electron chi connectivity index (χ2n) is 3.65. The van der Waals surface area contributed by atoms with Gasteiger partial charge in [-0.15, -0.1) is 0 Å². The van der Waals surface area contributed by atoms with E-state index < -0.39 is 17.7 Å². The molecule has 0 aliphatic carbocycles. The third-order valence-electron chi connectivity index (χ3n) is 2.46. The summed E-state index contributed by atoms with van der Waals surface area (Å²) in [6.45, 7) is 0. The largest absolute Gasteiger partial charge is 0.477 e. The first-order valence-corrected chi connectivity index (χ1v) is 4.98. The molecule has 0 aliphatic rings. The molecule has 0 spiro atoms. The number of carboxylic acid groups (broad SMARTS) is 1. The Balaban J connectivity index is 2.53. The van der Waals surface area contributed by atoms with Crippen molar-refractivity contribution < 1.29 is 23.1 Å². The Morgan fingerprint density at radius 3 is 2.44 bits per heavy atom. The lowest BCUT2D eigenvalue weighted by molar-refractivity contribution is -0.137. The van der Waals surface area contributed by atoms with Crippen LogP contribution in [0.15, 0.2) is 36.5 Å². The summed E-state index contributed by atoms with van der Waals surface area (Å²) in [5.74, 6) is -1.22. The molecule has 1 aromatic carbocycles. The minimum absolute atomic E-state index is 0.0475. The Labute approximate surface area is 99.9 Å². The number of rotatable bonds is 2. The molecule has 2 N–H and O–H groups in total. The highest BCUT2D eigenvalue weighted by atomic mass is 19.4. The molecular formula is C12H8F3NO2. The van der Waals surface area contributed by atoms with Crippen molar-refractivity contribution in [3.8, 4) is 11.1 Å². The molecule has 94 valence electrons. The van der Waals surface area contributed by atoms with Crippen molar-refractivity contribution >= 4 is 5.97 Å². The predicted molar refractivity (Wildman–Crippen MR) is 58.2 cm³/mol. The van der Waals surface area contributed by atoms with Gasteiger partial charge in [-0.3, -0.25) is 0 Å². The van der Waals surface area contributed by atoms with E-state index in [1.807, 2.05) is 0 Å². The number of nitrogens with one attached hydrogen (secondary N) is 1. The Bertz CT molecular complexity index is 587. The standard InChI is InChI=1S/C12H8F3NO2/c13-12(14,15)9-4-2-1-3-8(9)7-5-10(11(17)18)16-6-7/h1-6,16H,(H,17,18). The third kappa shape index (κ3) is 2.22. The number of carbonyl (C=O) groups is 1. The number of aromatic amines is 1. The van der Waals surface area contributed by atoms with Crippen molar-refractivity contribution in [3.63, 3.8) is 0 Å². The second kappa shape index (κ2) is 4.21. The number of alkyl halides is 3. The van der Waals surface area contributed by atoms with E-state index in [4.69, 9.17) is 5.11 Å². The van der Waals surface area contributed by atoms with Gasteiger partial charge in [0.05, 0.1) is 5.56 Å². The normalized spacial score (nSPS) is 11.5. The zero-order chi connectivity index (χ0) is 13.3. The van der Waals surface area contributed by atoms with Crippen LogP contribution in [-0.2, 0) is 6.18 Å². The molecule has 0 atom stereocenters. The Hall–Kier alpha value is -2.24. The predicted octanol–water partition coefficient (Wildman–Crippen LogP) is 3.40. The molecule has 1 heterocycles. The van der Waals surface area contributed by atoms with Crippen LogP contribution in [0.25, 0.3) is 11.1 Å². The number of aromatic nitrogens is 1. The summed E-state index contributed by atoms with van der Waals surface area (Å²) in [5.41, 5.74) is -0.794. The van der Waals surface area contributed by atoms with E-state index >= 15 is 0 Å². The van der Waals surface area contributed by atoms with E-state index in [2.05, 4.69) is 4.98 Å². The Morgan fingerprint density at radius 1 is 1.22 bits per heavy atom. The molecule has 0 amide bonds. The molecule has 0 aliphatic heterocycles. The first-order valence-electron chi connectivity index (χ1n) is 4.98. The fourth-order valence-electron chi connectivity index (χ4n) is 1.66. The molecule has 3 nitrogen and oxygen atoms in total. The van der Waals surface area contributed by atoms with Crippen LogP contribution < -0.4 is 0 Å². The molecular weight excluding hydrogens is 247 g/mol. The summed E-state index contributed by atoms with van der Waals surface area (Å²) in [6.07, 6.45) is -3.23. The maximum absolute atomic E-state index is 12.8. The van der Waals surface area contributed by atoms with Gasteiger partial charge in [0.25, 0.3) is 0 Å². The van der Waals surface area contributed by atoms with Gasteiger partial charge in [-0.1, -0.05) is 18.2 Å². The lowest BCUT2D eigenvalue weighted by atomic mass is 10.0. The first-order chi connectivity index (χ1) is 8.39. The summed E-state index contributed by atoms with van der Waals surface area (Å²) in [5, 5.41) is 8.72. The van der Waals surface area contributed by atoms with Crippen LogP contribution in [0.1, 0.15) is 16.1 Å². The van der Waals surface area contributed by atoms with E-state index in [0.717, 1.165) is 6.07 Å². The van der Waals surface area contributed by atoms with Crippen LogP contribution >= 0.6 is 0 Å². The van der Waals surface area contributed by atoms with Gasteiger partial charge in [-0.05, 0) is 17.7 Å². The number of hydrogen-bond donors (Lipinski definition) is 2. The van der Waals surface area contributed by atoms with Crippen molar-refractivity contribution in [2.75, 3.05) is 0 Å². The quantitative estimate of drug-likeness (QED) is 0.864. The smallest absolute Gasteiger partial charge is 0.417 e. The molecule has 2 aromatic rings. The van der Waals surface area contributed by atoms with Gasteiger partial charge in [0.1, 0.15) is 5.69 Å². The molecule has 0 fully saturated rings. The summed E-state index contributed by atoms with van der Waals surface area (Å²) < 4.78 is 38.3. The number of hydrogen-bond acceptors (Lipinski definition) is 1. The summed E-state index contributed by atoms with van der Waals surface area (Å²) in [7, 11) is 0. The van der Waals surface area contributed by atoms with E-state index in [0.29, 0.717) is 0 Å². The highest BCUT2D eigenvalue weighted by Crippen LogP contribution is 2.36. The number of H-pyrrole nitrogens is 1. The average molecular weight is 255 g/mol. The molecule has 1 aromatic heterocycles. The Morgan fingerprint density at radius 2 is 1.89 bits per heavy atom. The Kier molecular flexibility index (Phi) is 2.86. The molecule has 0 radical (unpaired) electrons. The van der Waals surface area contributed by atoms with Crippen LogP contribution in [0.5, 0.6) is 0 Å². The summed E-state index contributed by atoms with van der Waals surface area (Å²) >= 11 is 0. The lowest BCUT2D eigenvalue weighted by Gasteiger charge is -2.11. The van der Waals surface area contributed by atoms with Gasteiger partial charge in [0.2, 0.25) is 0 Å². The van der Waals surface area contributed by atoms with Crippen molar-refractivity contribution in [1.82, 2.24) is 4.98 Å². The first kappa shape index (κ1) is 12.2. The van der Waals surface area contributed by atoms with Gasteiger partial charge < -0.3 is 10.1 Å². The van der Waals surface area contributed by atoms with Gasteiger partial charge in [0, 0.05) is 11.8 Å². The lowest BCUT2D eigenvalue weighted by Crippen LogP contribution is -2.06. The van der Waals surface area contributed by atoms with Crippen LogP contribution in [0.2, 0.25) is 0 Å². The van der Waals surface area contributed by atoms with Crippen molar-refractivity contribution in [2.24, 2.45) is 0 Å². The van der Waals surface area contributed by atoms with E-state index in [-0.39, 0.29) is 16.8 Å². The minimum Gasteiger partial charge on any atom is -0.477 e. The summed E-state index contributed by atoms with van der Waals surface area (Å²) in [4.78, 5) is 13.1. The molecule has 0 saturated carbocycles. The highest BCUT2D eigenvalue weighted by molar-refractivity contribution is 5.88. The maximum Gasteiger partial charge on any atom is 0.417 e. The molecule has 18 heavy (non-hydrogen) atoms. The zero-order valence-corrected chi connectivity index (χ0v) is 8.95. The number of halogens is 3.